The lowest BCUT2D eigenvalue weighted by Crippen LogP contribution is -2.03. The van der Waals surface area contributed by atoms with Crippen molar-refractivity contribution in [2.45, 2.75) is 25.7 Å². The Labute approximate surface area is 91.4 Å². The third-order valence-electron chi connectivity index (χ3n) is 1.47. The highest BCUT2D eigenvalue weighted by atomic mass is 32.2. The topological polar surface area (TPSA) is 127 Å². The van der Waals surface area contributed by atoms with Crippen LogP contribution in [0.4, 0.5) is 0 Å². The predicted molar refractivity (Wildman–Crippen MR) is 60.1 cm³/mol. The van der Waals surface area contributed by atoms with Gasteiger partial charge in [-0.2, -0.15) is 8.42 Å². The second-order valence-corrected chi connectivity index (χ2v) is 4.57. The Hall–Kier alpha value is -0.210. The van der Waals surface area contributed by atoms with E-state index in [9.17, 15) is 8.42 Å². The molecule has 94 valence electrons. The molecule has 0 fully saturated rings. The van der Waals surface area contributed by atoms with Crippen LogP contribution in [0.15, 0.2) is 0 Å². The average molecular weight is 242 g/mol. The molecule has 0 aliphatic heterocycles. The maximum atomic E-state index is 9.98. The number of nitrogens with two attached hydrogens (primary N) is 2. The molecule has 0 unspecified atom stereocenters. The molecule has 0 heterocycles. The summed E-state index contributed by atoms with van der Waals surface area (Å²) >= 11 is 0. The van der Waals surface area contributed by atoms with Crippen LogP contribution in [0.1, 0.15) is 25.7 Å². The molecule has 0 aromatic rings. The van der Waals surface area contributed by atoms with Gasteiger partial charge in [0.2, 0.25) is 0 Å². The van der Waals surface area contributed by atoms with E-state index in [1.165, 1.54) is 0 Å². The molecule has 0 aromatic heterocycles. The zero-order chi connectivity index (χ0) is 12.2. The molecule has 0 spiro atoms. The molecule has 0 radical (unpaired) electrons. The lowest BCUT2D eigenvalue weighted by molar-refractivity contribution is 0.287. The summed E-state index contributed by atoms with van der Waals surface area (Å²) in [5.41, 5.74) is 10.3. The lowest BCUT2D eigenvalue weighted by atomic mass is 10.3. The van der Waals surface area contributed by atoms with Crippen molar-refractivity contribution in [1.29, 1.82) is 0 Å². The van der Waals surface area contributed by atoms with Crippen molar-refractivity contribution in [2.75, 3.05) is 25.4 Å². The molecule has 0 aliphatic rings. The van der Waals surface area contributed by atoms with Crippen molar-refractivity contribution in [3.63, 3.8) is 0 Å². The molecular formula is C8H22N2O4S. The Kier molecular flexibility index (Phi) is 13.6. The molecule has 6 nitrogen and oxygen atoms in total. The van der Waals surface area contributed by atoms with Gasteiger partial charge in [-0.15, -0.1) is 0 Å². The summed E-state index contributed by atoms with van der Waals surface area (Å²) in [5.74, 6) is -0.256. The van der Waals surface area contributed by atoms with Crippen LogP contribution in [0.3, 0.4) is 0 Å². The Bertz CT molecular complexity index is 203. The predicted octanol–water partition coefficient (Wildman–Crippen LogP) is -0.669. The Morgan fingerprint density at radius 2 is 1.40 bits per heavy atom. The second-order valence-electron chi connectivity index (χ2n) is 3.00. The number of unbranched alkanes of at least 4 members (excludes halogenated alkanes) is 2. The largest absolute Gasteiger partial charge is 0.396 e. The second kappa shape index (κ2) is 11.9. The summed E-state index contributed by atoms with van der Waals surface area (Å²) in [6, 6.07) is 0. The van der Waals surface area contributed by atoms with Crippen LogP contribution >= 0.6 is 0 Å². The fourth-order valence-corrected chi connectivity index (χ4v) is 1.25. The monoisotopic (exact) mass is 242 g/mol. The molecule has 7 heteroatoms. The fraction of sp³-hybridized carbons (Fsp3) is 1.00. The molecule has 0 atom stereocenters. The maximum absolute atomic E-state index is 9.98. The van der Waals surface area contributed by atoms with E-state index < -0.39 is 10.1 Å². The minimum absolute atomic E-state index is 0.0322. The summed E-state index contributed by atoms with van der Waals surface area (Å²) < 4.78 is 28.1. The van der Waals surface area contributed by atoms with Gasteiger partial charge >= 0.3 is 0 Å². The SMILES string of the molecule is NCCCCN.O=S(=O)(O)CCCCO. The van der Waals surface area contributed by atoms with Crippen molar-refractivity contribution in [3.8, 4) is 0 Å². The average Bonchev–Trinajstić information content (AvgIpc) is 2.14. The maximum Gasteiger partial charge on any atom is 0.264 e. The van der Waals surface area contributed by atoms with E-state index in [2.05, 4.69) is 0 Å². The Morgan fingerprint density at radius 3 is 1.67 bits per heavy atom. The summed E-state index contributed by atoms with van der Waals surface area (Å²) in [4.78, 5) is 0. The lowest BCUT2D eigenvalue weighted by Gasteiger charge is -1.92. The van der Waals surface area contributed by atoms with Gasteiger partial charge in [-0.05, 0) is 38.8 Å². The van der Waals surface area contributed by atoms with Gasteiger partial charge in [0.15, 0.2) is 0 Å². The summed E-state index contributed by atoms with van der Waals surface area (Å²) in [6.45, 7) is 1.52. The van der Waals surface area contributed by atoms with Crippen molar-refractivity contribution in [1.82, 2.24) is 0 Å². The third-order valence-corrected chi connectivity index (χ3v) is 2.27. The highest BCUT2D eigenvalue weighted by Crippen LogP contribution is 1.91. The van der Waals surface area contributed by atoms with Crippen molar-refractivity contribution in [3.05, 3.63) is 0 Å². The molecule has 15 heavy (non-hydrogen) atoms. The molecular weight excluding hydrogens is 220 g/mol. The summed E-state index contributed by atoms with van der Waals surface area (Å²) in [5, 5.41) is 8.19. The molecule has 0 aliphatic carbocycles. The number of aliphatic hydroxyl groups excluding tert-OH is 1. The van der Waals surface area contributed by atoms with E-state index in [0.29, 0.717) is 12.8 Å². The van der Waals surface area contributed by atoms with Crippen LogP contribution in [-0.4, -0.2) is 43.5 Å². The van der Waals surface area contributed by atoms with Gasteiger partial charge in [-0.3, -0.25) is 4.55 Å². The van der Waals surface area contributed by atoms with Crippen molar-refractivity contribution >= 4 is 10.1 Å². The number of hydrogen-bond donors (Lipinski definition) is 4. The molecule has 0 rings (SSSR count). The van der Waals surface area contributed by atoms with Gasteiger partial charge in [0.1, 0.15) is 0 Å². The van der Waals surface area contributed by atoms with Crippen molar-refractivity contribution in [2.24, 2.45) is 11.5 Å². The molecule has 0 saturated carbocycles. The smallest absolute Gasteiger partial charge is 0.264 e. The highest BCUT2D eigenvalue weighted by Gasteiger charge is 2.01. The van der Waals surface area contributed by atoms with E-state index in [0.717, 1.165) is 25.9 Å². The normalized spacial score (nSPS) is 10.7. The molecule has 0 amide bonds. The van der Waals surface area contributed by atoms with Crippen LogP contribution < -0.4 is 11.5 Å². The first kappa shape index (κ1) is 17.2. The molecule has 0 aromatic carbocycles. The van der Waals surface area contributed by atoms with Crippen LogP contribution in [0, 0.1) is 0 Å². The van der Waals surface area contributed by atoms with Gasteiger partial charge in [-0.1, -0.05) is 0 Å². The van der Waals surface area contributed by atoms with Gasteiger partial charge in [0.25, 0.3) is 10.1 Å². The Balaban J connectivity index is 0. The summed E-state index contributed by atoms with van der Waals surface area (Å²) in [6.07, 6.45) is 2.86. The molecule has 0 saturated heterocycles. The van der Waals surface area contributed by atoms with E-state index in [1.807, 2.05) is 0 Å². The fourth-order valence-electron chi connectivity index (χ4n) is 0.685. The third kappa shape index (κ3) is 24.8. The minimum atomic E-state index is -3.81. The first-order valence-electron chi connectivity index (χ1n) is 4.94. The van der Waals surface area contributed by atoms with Crippen LogP contribution in [0.5, 0.6) is 0 Å². The van der Waals surface area contributed by atoms with Gasteiger partial charge in [0.05, 0.1) is 5.75 Å². The van der Waals surface area contributed by atoms with Crippen molar-refractivity contribution < 1.29 is 18.1 Å². The standard InChI is InChI=1S/C4H12N2.C4H10O4S/c5-3-1-2-4-6;5-3-1-2-4-9(6,7)8/h1-6H2;5H,1-4H2,(H,6,7,8). The van der Waals surface area contributed by atoms with Crippen LogP contribution in [0.25, 0.3) is 0 Å². The van der Waals surface area contributed by atoms with E-state index >= 15 is 0 Å². The first-order chi connectivity index (χ1) is 6.97. The quantitative estimate of drug-likeness (QED) is 0.346. The zero-order valence-corrected chi connectivity index (χ0v) is 9.75. The number of aliphatic hydroxyl groups is 1. The zero-order valence-electron chi connectivity index (χ0n) is 8.93. The van der Waals surface area contributed by atoms with Gasteiger partial charge < -0.3 is 16.6 Å². The minimum Gasteiger partial charge on any atom is -0.396 e. The van der Waals surface area contributed by atoms with Crippen LogP contribution in [-0.2, 0) is 10.1 Å². The highest BCUT2D eigenvalue weighted by molar-refractivity contribution is 7.85. The number of hydrogen-bond acceptors (Lipinski definition) is 5. The molecule has 6 N–H and O–H groups in total. The molecule has 0 bridgehead atoms. The van der Waals surface area contributed by atoms with E-state index in [1.54, 1.807) is 0 Å². The van der Waals surface area contributed by atoms with E-state index in [4.69, 9.17) is 21.1 Å². The summed E-state index contributed by atoms with van der Waals surface area (Å²) in [7, 11) is -3.81. The Morgan fingerprint density at radius 1 is 0.933 bits per heavy atom. The van der Waals surface area contributed by atoms with Crippen LogP contribution in [0.2, 0.25) is 0 Å². The van der Waals surface area contributed by atoms with Gasteiger partial charge in [0, 0.05) is 6.61 Å². The van der Waals surface area contributed by atoms with Gasteiger partial charge in [-0.25, -0.2) is 0 Å². The first-order valence-corrected chi connectivity index (χ1v) is 6.55. The number of rotatable bonds is 7. The van der Waals surface area contributed by atoms with E-state index in [-0.39, 0.29) is 12.4 Å².